The fourth-order valence-electron chi connectivity index (χ4n) is 2.55. The number of rotatable bonds is 4. The van der Waals surface area contributed by atoms with Gasteiger partial charge in [0.25, 0.3) is 5.91 Å². The van der Waals surface area contributed by atoms with Crippen LogP contribution in [0.2, 0.25) is 0 Å². The Morgan fingerprint density at radius 2 is 1.69 bits per heavy atom. The summed E-state index contributed by atoms with van der Waals surface area (Å²) >= 11 is 0. The van der Waals surface area contributed by atoms with Crippen LogP contribution in [-0.4, -0.2) is 37.7 Å². The van der Waals surface area contributed by atoms with Gasteiger partial charge in [0.2, 0.25) is 10.0 Å². The Hall–Kier alpha value is -2.77. The number of hydrogen-bond donors (Lipinski definition) is 1. The number of aromatic nitrogens is 1. The molecule has 0 aliphatic heterocycles. The number of nitrogens with one attached hydrogen (secondary N) is 1. The molecular formula is C19H19N3O3S. The van der Waals surface area contributed by atoms with Gasteiger partial charge in [0.15, 0.2) is 0 Å². The predicted molar refractivity (Wildman–Crippen MR) is 102 cm³/mol. The predicted octanol–water partition coefficient (Wildman–Crippen LogP) is 3.05. The Kier molecular flexibility index (Phi) is 4.76. The fraction of sp³-hybridized carbons (Fsp3) is 0.158. The van der Waals surface area contributed by atoms with Gasteiger partial charge in [-0.3, -0.25) is 9.78 Å². The minimum Gasteiger partial charge on any atom is -0.321 e. The lowest BCUT2D eigenvalue weighted by Crippen LogP contribution is -2.22. The fourth-order valence-corrected chi connectivity index (χ4v) is 3.45. The summed E-state index contributed by atoms with van der Waals surface area (Å²) in [5.41, 5.74) is 2.73. The van der Waals surface area contributed by atoms with Crippen molar-refractivity contribution in [2.45, 2.75) is 11.8 Å². The maximum absolute atomic E-state index is 12.5. The second kappa shape index (κ2) is 6.86. The SMILES string of the molecule is Cc1ccc2c(NC(=O)c3ccc(S(=O)(=O)N(C)C)cc3)cccc2n1. The van der Waals surface area contributed by atoms with Crippen molar-refractivity contribution in [1.29, 1.82) is 0 Å². The van der Waals surface area contributed by atoms with Crippen LogP contribution in [0, 0.1) is 6.92 Å². The van der Waals surface area contributed by atoms with Crippen molar-refractivity contribution in [2.24, 2.45) is 0 Å². The number of fused-ring (bicyclic) bond motifs is 1. The summed E-state index contributed by atoms with van der Waals surface area (Å²) in [4.78, 5) is 17.1. The van der Waals surface area contributed by atoms with Crippen LogP contribution in [0.1, 0.15) is 16.1 Å². The summed E-state index contributed by atoms with van der Waals surface area (Å²) in [6.07, 6.45) is 0. The van der Waals surface area contributed by atoms with Crippen LogP contribution in [0.3, 0.4) is 0 Å². The van der Waals surface area contributed by atoms with Gasteiger partial charge in [-0.2, -0.15) is 0 Å². The summed E-state index contributed by atoms with van der Waals surface area (Å²) in [6.45, 7) is 1.91. The molecule has 0 radical (unpaired) electrons. The molecule has 0 aliphatic rings. The Morgan fingerprint density at radius 3 is 2.35 bits per heavy atom. The van der Waals surface area contributed by atoms with E-state index in [1.807, 2.05) is 37.3 Å². The zero-order valence-corrected chi connectivity index (χ0v) is 15.5. The second-order valence-electron chi connectivity index (χ2n) is 6.09. The minimum atomic E-state index is -3.52. The van der Waals surface area contributed by atoms with E-state index in [4.69, 9.17) is 0 Å². The molecule has 3 rings (SSSR count). The van der Waals surface area contributed by atoms with Gasteiger partial charge < -0.3 is 5.32 Å². The van der Waals surface area contributed by atoms with Gasteiger partial charge in [0.1, 0.15) is 0 Å². The van der Waals surface area contributed by atoms with Gasteiger partial charge in [-0.1, -0.05) is 6.07 Å². The zero-order chi connectivity index (χ0) is 18.9. The third-order valence-corrected chi connectivity index (χ3v) is 5.84. The number of benzene rings is 2. The van der Waals surface area contributed by atoms with Crippen molar-refractivity contribution in [1.82, 2.24) is 9.29 Å². The van der Waals surface area contributed by atoms with Crippen LogP contribution in [0.25, 0.3) is 10.9 Å². The van der Waals surface area contributed by atoms with Gasteiger partial charge in [-0.25, -0.2) is 12.7 Å². The molecule has 134 valence electrons. The summed E-state index contributed by atoms with van der Waals surface area (Å²) in [6, 6.07) is 15.2. The molecule has 0 unspecified atom stereocenters. The maximum Gasteiger partial charge on any atom is 0.255 e. The summed E-state index contributed by atoms with van der Waals surface area (Å²) in [7, 11) is -0.589. The Labute approximate surface area is 152 Å². The summed E-state index contributed by atoms with van der Waals surface area (Å²) in [5.74, 6) is -0.313. The van der Waals surface area contributed by atoms with E-state index in [9.17, 15) is 13.2 Å². The van der Waals surface area contributed by atoms with Crippen molar-refractivity contribution >= 4 is 32.5 Å². The highest BCUT2D eigenvalue weighted by atomic mass is 32.2. The molecule has 3 aromatic rings. The highest BCUT2D eigenvalue weighted by Gasteiger charge is 2.17. The largest absolute Gasteiger partial charge is 0.321 e. The molecule has 0 saturated heterocycles. The lowest BCUT2D eigenvalue weighted by molar-refractivity contribution is 0.102. The molecule has 0 saturated carbocycles. The van der Waals surface area contributed by atoms with E-state index >= 15 is 0 Å². The van der Waals surface area contributed by atoms with E-state index in [0.717, 1.165) is 20.9 Å². The van der Waals surface area contributed by atoms with E-state index < -0.39 is 10.0 Å². The lowest BCUT2D eigenvalue weighted by atomic mass is 10.1. The van der Waals surface area contributed by atoms with E-state index in [2.05, 4.69) is 10.3 Å². The number of hydrogen-bond acceptors (Lipinski definition) is 4. The third kappa shape index (κ3) is 3.44. The Morgan fingerprint density at radius 1 is 1.00 bits per heavy atom. The topological polar surface area (TPSA) is 79.4 Å². The van der Waals surface area contributed by atoms with Crippen molar-refractivity contribution in [3.05, 3.63) is 65.9 Å². The highest BCUT2D eigenvalue weighted by Crippen LogP contribution is 2.23. The van der Waals surface area contributed by atoms with Crippen LogP contribution in [-0.2, 0) is 10.0 Å². The van der Waals surface area contributed by atoms with Crippen molar-refractivity contribution in [3.8, 4) is 0 Å². The standard InChI is InChI=1S/C19H19N3O3S/c1-13-7-12-16-17(20-13)5-4-6-18(16)21-19(23)14-8-10-15(11-9-14)26(24,25)22(2)3/h4-12H,1-3H3,(H,21,23). The molecule has 26 heavy (non-hydrogen) atoms. The lowest BCUT2D eigenvalue weighted by Gasteiger charge is -2.12. The molecule has 0 aliphatic carbocycles. The number of carbonyl (C=O) groups excluding carboxylic acids is 1. The summed E-state index contributed by atoms with van der Waals surface area (Å²) in [5, 5.41) is 3.71. The number of aryl methyl sites for hydroxylation is 1. The molecule has 1 amide bonds. The number of nitrogens with zero attached hydrogens (tertiary/aromatic N) is 2. The van der Waals surface area contributed by atoms with Crippen molar-refractivity contribution < 1.29 is 13.2 Å². The second-order valence-corrected chi connectivity index (χ2v) is 8.24. The molecule has 7 heteroatoms. The van der Waals surface area contributed by atoms with Gasteiger partial charge in [0.05, 0.1) is 16.1 Å². The molecule has 0 atom stereocenters. The first-order valence-corrected chi connectivity index (χ1v) is 9.43. The van der Waals surface area contributed by atoms with E-state index in [1.54, 1.807) is 0 Å². The normalized spacial score (nSPS) is 11.7. The van der Waals surface area contributed by atoms with Gasteiger partial charge in [0, 0.05) is 30.7 Å². The molecule has 1 N–H and O–H groups in total. The van der Waals surface area contributed by atoms with Gasteiger partial charge >= 0.3 is 0 Å². The smallest absolute Gasteiger partial charge is 0.255 e. The minimum absolute atomic E-state index is 0.142. The van der Waals surface area contributed by atoms with Gasteiger partial charge in [-0.05, 0) is 55.5 Å². The van der Waals surface area contributed by atoms with Crippen LogP contribution in [0.4, 0.5) is 5.69 Å². The number of carbonyl (C=O) groups is 1. The van der Waals surface area contributed by atoms with Crippen molar-refractivity contribution in [3.63, 3.8) is 0 Å². The number of sulfonamides is 1. The first-order chi connectivity index (χ1) is 12.3. The monoisotopic (exact) mass is 369 g/mol. The highest BCUT2D eigenvalue weighted by molar-refractivity contribution is 7.89. The van der Waals surface area contributed by atoms with Crippen LogP contribution in [0.15, 0.2) is 59.5 Å². The third-order valence-electron chi connectivity index (χ3n) is 4.01. The molecule has 0 bridgehead atoms. The maximum atomic E-state index is 12.5. The van der Waals surface area contributed by atoms with Gasteiger partial charge in [-0.15, -0.1) is 0 Å². The Bertz CT molecular complexity index is 1070. The Balaban J connectivity index is 1.87. The van der Waals surface area contributed by atoms with Crippen LogP contribution < -0.4 is 5.32 Å². The quantitative estimate of drug-likeness (QED) is 0.767. The molecular weight excluding hydrogens is 350 g/mol. The molecule has 6 nitrogen and oxygen atoms in total. The van der Waals surface area contributed by atoms with Crippen LogP contribution in [0.5, 0.6) is 0 Å². The average Bonchev–Trinajstić information content (AvgIpc) is 2.61. The first-order valence-electron chi connectivity index (χ1n) is 7.99. The first kappa shape index (κ1) is 18.0. The van der Waals surface area contributed by atoms with Crippen molar-refractivity contribution in [2.75, 3.05) is 19.4 Å². The number of pyridine rings is 1. The van der Waals surface area contributed by atoms with E-state index in [0.29, 0.717) is 11.3 Å². The zero-order valence-electron chi connectivity index (χ0n) is 14.7. The average molecular weight is 369 g/mol. The molecule has 0 spiro atoms. The van der Waals surface area contributed by atoms with E-state index in [-0.39, 0.29) is 10.8 Å². The molecule has 0 fully saturated rings. The molecule has 2 aromatic carbocycles. The van der Waals surface area contributed by atoms with E-state index in [1.165, 1.54) is 38.4 Å². The molecule has 1 aromatic heterocycles. The number of anilines is 1. The summed E-state index contributed by atoms with van der Waals surface area (Å²) < 4.78 is 25.3. The number of amides is 1. The molecule has 1 heterocycles. The van der Waals surface area contributed by atoms with Crippen LogP contribution >= 0.6 is 0 Å².